The van der Waals surface area contributed by atoms with E-state index < -0.39 is 223 Å². The van der Waals surface area contributed by atoms with Crippen molar-refractivity contribution in [3.05, 3.63) is 0 Å². The van der Waals surface area contributed by atoms with Gasteiger partial charge in [-0.2, -0.15) is 0 Å². The molecule has 4 saturated heterocycles. The third-order valence-electron chi connectivity index (χ3n) is 11.6. The first kappa shape index (κ1) is 60.3. The first-order valence-electron chi connectivity index (χ1n) is 21.2. The zero-order chi connectivity index (χ0) is 52.6. The highest BCUT2D eigenvalue weighted by molar-refractivity contribution is 5.86. The number of carbonyl (C=O) groups excluding carboxylic acids is 2. The van der Waals surface area contributed by atoms with E-state index in [1.165, 1.54) is 0 Å². The number of nitrogens with zero attached hydrogens (tertiary/aromatic N) is 2. The first-order valence-corrected chi connectivity index (χ1v) is 21.2. The fraction of sp³-hybridized carbons (Fsp3) is 0.944. The van der Waals surface area contributed by atoms with E-state index in [0.29, 0.717) is 0 Å². The molecular weight excluding hydrogens is 972 g/mol. The van der Waals surface area contributed by atoms with Gasteiger partial charge in [0.2, 0.25) is 0 Å². The van der Waals surface area contributed by atoms with E-state index in [9.17, 15) is 122 Å². The number of aliphatic hydroxyl groups excluding tert-OH is 22. The van der Waals surface area contributed by atoms with Crippen LogP contribution in [0.5, 0.6) is 0 Å². The minimum Gasteiger partial charge on any atom is -0.394 e. The molecule has 0 unspecified atom stereocenters. The quantitative estimate of drug-likeness (QED) is 0.0448. The highest BCUT2D eigenvalue weighted by Crippen LogP contribution is 2.28. The molecule has 70 heavy (non-hydrogen) atoms. The minimum atomic E-state index is -2.79. The molecule has 408 valence electrons. The van der Waals surface area contributed by atoms with Gasteiger partial charge in [-0.3, -0.25) is 9.59 Å². The molecule has 0 radical (unpaired) electrons. The Morgan fingerprint density at radius 2 is 0.629 bits per heavy atom. The van der Waals surface area contributed by atoms with E-state index in [1.807, 2.05) is 0 Å². The number of hydrogen-bond donors (Lipinski definition) is 22. The van der Waals surface area contributed by atoms with Crippen molar-refractivity contribution in [3.8, 4) is 0 Å². The SMILES string of the molecule is O=C(N=NC(=O)[C@H](O)[C@@H](O)[C@H](O)[C@H](O)CO[C@H]1O[C@H](CO[C@H]2O[C@H](CO)[C@@H](O)[C@H](O)[C@H]2O)[C@@H](O)[C@H](O)[C@H]1O)[C@H](O)[C@@H](O)[C@H](O)[C@H](O)CO[C@H]1O[C@H](CO[C@H]2O[C@H](CO)[C@@H](O)[C@H](O)[C@H]2O)[C@@H](O)[C@H](O)[C@H]1O. The topological polar surface area (TPSA) is 578 Å². The van der Waals surface area contributed by atoms with Gasteiger partial charge in [-0.25, -0.2) is 0 Å². The maximum absolute atomic E-state index is 12.4. The summed E-state index contributed by atoms with van der Waals surface area (Å²) in [6, 6.07) is 0. The fourth-order valence-corrected chi connectivity index (χ4v) is 7.10. The second-order valence-corrected chi connectivity index (χ2v) is 16.6. The average Bonchev–Trinajstić information content (AvgIpc) is 3.35. The van der Waals surface area contributed by atoms with Crippen LogP contribution in [0.1, 0.15) is 0 Å². The van der Waals surface area contributed by atoms with Gasteiger partial charge in [0, 0.05) is 0 Å². The standard InChI is InChI=1S/C36H62N2O32/c39-1-9-15(45)21(51)27(57)35(67-9)65-5-11-17(47)23(53)29(59)33(69-11)63-3-7(41)13(43)19(49)25(55)31(61)37-38-32(62)26(56)20(50)14(44)8(42)4-64-34-30(60)24(54)18(48)12(70-34)6-66-36-28(58)22(52)16(46)10(2-40)68-36/h7-30,33-36,39-60H,1-6H2/t7-,8-,9-,10-,11-,12-,13-,14-,15-,16-,17-,18-,19+,20+,21+,22+,23+,24+,25-,26-,27-,28-,29-,30-,33+,34+,35+,36+/m1/s1. The molecule has 0 aromatic rings. The zero-order valence-electron chi connectivity index (χ0n) is 36.2. The fourth-order valence-electron chi connectivity index (χ4n) is 7.10. The zero-order valence-corrected chi connectivity index (χ0v) is 36.2. The summed E-state index contributed by atoms with van der Waals surface area (Å²) in [6.45, 7) is -5.37. The Hall–Kier alpha value is -2.26. The Balaban J connectivity index is 1.23. The molecule has 28 atom stereocenters. The molecule has 4 aliphatic rings. The van der Waals surface area contributed by atoms with Gasteiger partial charge in [0.05, 0.1) is 39.6 Å². The Morgan fingerprint density at radius 3 is 0.914 bits per heavy atom. The Kier molecular flexibility index (Phi) is 23.1. The predicted octanol–water partition coefficient (Wildman–Crippen LogP) is -15.3. The Bertz CT molecular complexity index is 1530. The number of hydrogen-bond acceptors (Lipinski definition) is 32. The molecular formula is C36H62N2O32. The van der Waals surface area contributed by atoms with Crippen LogP contribution in [0.25, 0.3) is 0 Å². The lowest BCUT2D eigenvalue weighted by molar-refractivity contribution is -0.333. The summed E-state index contributed by atoms with van der Waals surface area (Å²) in [5.41, 5.74) is 0. The normalized spacial score (nSPS) is 42.1. The van der Waals surface area contributed by atoms with E-state index in [0.717, 1.165) is 0 Å². The number of carbonyl (C=O) groups is 2. The van der Waals surface area contributed by atoms with Crippen LogP contribution in [0.15, 0.2) is 10.2 Å². The van der Waals surface area contributed by atoms with Gasteiger partial charge in [0.1, 0.15) is 134 Å². The summed E-state index contributed by atoms with van der Waals surface area (Å²) < 4.78 is 41.8. The van der Waals surface area contributed by atoms with Crippen LogP contribution in [0, 0.1) is 0 Å². The summed E-state index contributed by atoms with van der Waals surface area (Å²) in [5.74, 6) is -3.83. The van der Waals surface area contributed by atoms with Crippen LogP contribution in [0.3, 0.4) is 0 Å². The van der Waals surface area contributed by atoms with Crippen LogP contribution in [-0.4, -0.2) is 335 Å². The van der Waals surface area contributed by atoms with E-state index in [4.69, 9.17) is 37.9 Å². The Labute approximate surface area is 393 Å². The summed E-state index contributed by atoms with van der Waals surface area (Å²) in [6.07, 6.45) is -56.6. The summed E-state index contributed by atoms with van der Waals surface area (Å²) in [5, 5.41) is 229. The summed E-state index contributed by atoms with van der Waals surface area (Å²) in [7, 11) is 0. The van der Waals surface area contributed by atoms with Crippen LogP contribution in [0.2, 0.25) is 0 Å². The van der Waals surface area contributed by atoms with Crippen molar-refractivity contribution in [1.82, 2.24) is 0 Å². The third-order valence-corrected chi connectivity index (χ3v) is 11.6. The monoisotopic (exact) mass is 1030 g/mol. The molecule has 0 saturated carbocycles. The van der Waals surface area contributed by atoms with E-state index >= 15 is 0 Å². The van der Waals surface area contributed by atoms with Gasteiger partial charge in [0.15, 0.2) is 37.4 Å². The predicted molar refractivity (Wildman–Crippen MR) is 208 cm³/mol. The van der Waals surface area contributed by atoms with Crippen LogP contribution < -0.4 is 0 Å². The highest BCUT2D eigenvalue weighted by atomic mass is 16.7. The van der Waals surface area contributed by atoms with Crippen molar-refractivity contribution in [1.29, 1.82) is 0 Å². The number of azo groups is 1. The van der Waals surface area contributed by atoms with Gasteiger partial charge in [-0.1, -0.05) is 0 Å². The largest absolute Gasteiger partial charge is 0.394 e. The molecule has 4 rings (SSSR count). The van der Waals surface area contributed by atoms with Crippen LogP contribution >= 0.6 is 0 Å². The van der Waals surface area contributed by atoms with E-state index in [2.05, 4.69) is 10.2 Å². The average molecular weight is 1030 g/mol. The number of rotatable bonds is 22. The smallest absolute Gasteiger partial charge is 0.295 e. The van der Waals surface area contributed by atoms with Gasteiger partial charge < -0.3 is 150 Å². The Morgan fingerprint density at radius 1 is 0.371 bits per heavy atom. The van der Waals surface area contributed by atoms with Crippen LogP contribution in [0.4, 0.5) is 0 Å². The molecule has 4 aliphatic heterocycles. The molecule has 34 nitrogen and oxygen atoms in total. The van der Waals surface area contributed by atoms with E-state index in [-0.39, 0.29) is 0 Å². The summed E-state index contributed by atoms with van der Waals surface area (Å²) >= 11 is 0. The molecule has 0 bridgehead atoms. The van der Waals surface area contributed by atoms with Crippen molar-refractivity contribution in [2.24, 2.45) is 10.2 Å². The molecule has 0 aromatic carbocycles. The van der Waals surface area contributed by atoms with Gasteiger partial charge in [-0.05, 0) is 0 Å². The second kappa shape index (κ2) is 26.8. The van der Waals surface area contributed by atoms with Gasteiger partial charge >= 0.3 is 0 Å². The van der Waals surface area contributed by atoms with Crippen LogP contribution in [-0.2, 0) is 47.5 Å². The highest BCUT2D eigenvalue weighted by Gasteiger charge is 2.50. The van der Waals surface area contributed by atoms with Gasteiger partial charge in [-0.15, -0.1) is 10.2 Å². The van der Waals surface area contributed by atoms with E-state index in [1.54, 1.807) is 0 Å². The maximum Gasteiger partial charge on any atom is 0.295 e. The minimum absolute atomic E-state index is 0.764. The number of aliphatic hydroxyl groups is 22. The lowest BCUT2D eigenvalue weighted by Crippen LogP contribution is -2.62. The molecule has 4 heterocycles. The molecule has 34 heteroatoms. The van der Waals surface area contributed by atoms with Crippen molar-refractivity contribution < 1.29 is 160 Å². The lowest BCUT2D eigenvalue weighted by Gasteiger charge is -2.42. The molecule has 0 spiro atoms. The number of ether oxygens (including phenoxy) is 8. The first-order chi connectivity index (χ1) is 32.8. The second-order valence-electron chi connectivity index (χ2n) is 16.6. The third kappa shape index (κ3) is 14.3. The molecule has 2 amide bonds. The van der Waals surface area contributed by atoms with Crippen molar-refractivity contribution in [2.45, 2.75) is 172 Å². The van der Waals surface area contributed by atoms with Crippen molar-refractivity contribution in [3.63, 3.8) is 0 Å². The maximum atomic E-state index is 12.4. The number of amides is 2. The molecule has 22 N–H and O–H groups in total. The molecule has 0 aromatic heterocycles. The van der Waals surface area contributed by atoms with Crippen molar-refractivity contribution >= 4 is 11.8 Å². The van der Waals surface area contributed by atoms with Gasteiger partial charge in [0.25, 0.3) is 11.8 Å². The van der Waals surface area contributed by atoms with Crippen molar-refractivity contribution in [2.75, 3.05) is 39.6 Å². The molecule has 0 aliphatic carbocycles. The summed E-state index contributed by atoms with van der Waals surface area (Å²) in [4.78, 5) is 24.8. The lowest BCUT2D eigenvalue weighted by atomic mass is 9.98. The molecule has 4 fully saturated rings.